The molecule has 1 N–H and O–H groups in total. The molecule has 0 heterocycles. The summed E-state index contributed by atoms with van der Waals surface area (Å²) < 4.78 is 38.8. The molecular formula is C16H12F3IO. The molecule has 0 aromatic heterocycles. The third kappa shape index (κ3) is 4.07. The second kappa shape index (κ2) is 6.62. The van der Waals surface area contributed by atoms with E-state index in [2.05, 4.69) is 22.6 Å². The van der Waals surface area contributed by atoms with E-state index in [1.807, 2.05) is 24.3 Å². The van der Waals surface area contributed by atoms with Gasteiger partial charge in [0.05, 0.1) is 12.2 Å². The largest absolute Gasteiger partial charge is 0.416 e. The molecule has 0 unspecified atom stereocenters. The summed E-state index contributed by atoms with van der Waals surface area (Å²) in [6.45, 7) is -0.178. The van der Waals surface area contributed by atoms with Crippen molar-refractivity contribution < 1.29 is 18.3 Å². The predicted molar refractivity (Wildman–Crippen MR) is 84.8 cm³/mol. The van der Waals surface area contributed by atoms with Gasteiger partial charge in [-0.25, -0.2) is 0 Å². The van der Waals surface area contributed by atoms with Crippen molar-refractivity contribution in [1.82, 2.24) is 0 Å². The maximum Gasteiger partial charge on any atom is 0.416 e. The van der Waals surface area contributed by atoms with Crippen LogP contribution in [0.25, 0.3) is 5.57 Å². The summed E-state index contributed by atoms with van der Waals surface area (Å²) in [5, 5.41) is 9.14. The van der Waals surface area contributed by atoms with E-state index in [1.165, 1.54) is 12.1 Å². The van der Waals surface area contributed by atoms with Crippen LogP contribution in [-0.2, 0) is 6.18 Å². The van der Waals surface area contributed by atoms with Crippen LogP contribution in [0.15, 0.2) is 54.6 Å². The Kier molecular flexibility index (Phi) is 5.05. The standard InChI is InChI=1S/C16H12F3IO/c17-16(18,19)13-5-1-11(2-6-13)15(9-10-21)12-3-7-14(20)8-4-12/h1-9,21H,10H2/b15-9-. The van der Waals surface area contributed by atoms with Crippen molar-refractivity contribution in [2.45, 2.75) is 6.18 Å². The number of benzene rings is 2. The molecule has 0 spiro atoms. The highest BCUT2D eigenvalue weighted by molar-refractivity contribution is 14.1. The van der Waals surface area contributed by atoms with Gasteiger partial charge in [0.2, 0.25) is 0 Å². The third-order valence-electron chi connectivity index (χ3n) is 2.97. The fourth-order valence-corrected chi connectivity index (χ4v) is 2.32. The molecule has 0 aliphatic heterocycles. The highest BCUT2D eigenvalue weighted by Crippen LogP contribution is 2.31. The van der Waals surface area contributed by atoms with Crippen molar-refractivity contribution >= 4 is 28.2 Å². The zero-order chi connectivity index (χ0) is 15.5. The number of rotatable bonds is 3. The Bertz CT molecular complexity index is 628. The summed E-state index contributed by atoms with van der Waals surface area (Å²) in [5.41, 5.74) is 1.52. The number of hydrogen-bond acceptors (Lipinski definition) is 1. The van der Waals surface area contributed by atoms with Crippen molar-refractivity contribution in [2.75, 3.05) is 6.61 Å². The fourth-order valence-electron chi connectivity index (χ4n) is 1.96. The van der Waals surface area contributed by atoms with Gasteiger partial charge in [-0.1, -0.05) is 30.3 Å². The van der Waals surface area contributed by atoms with E-state index in [0.717, 1.165) is 21.3 Å². The van der Waals surface area contributed by atoms with Crippen molar-refractivity contribution in [2.24, 2.45) is 0 Å². The summed E-state index contributed by atoms with van der Waals surface area (Å²) in [6.07, 6.45) is -2.76. The maximum atomic E-state index is 12.6. The van der Waals surface area contributed by atoms with Crippen molar-refractivity contribution in [3.05, 3.63) is 74.9 Å². The lowest BCUT2D eigenvalue weighted by molar-refractivity contribution is -0.137. The van der Waals surface area contributed by atoms with Gasteiger partial charge in [0.25, 0.3) is 0 Å². The first-order chi connectivity index (χ1) is 9.91. The van der Waals surface area contributed by atoms with Gasteiger partial charge in [-0.15, -0.1) is 0 Å². The molecule has 0 fully saturated rings. The van der Waals surface area contributed by atoms with Gasteiger partial charge >= 0.3 is 6.18 Å². The summed E-state index contributed by atoms with van der Waals surface area (Å²) in [5.74, 6) is 0. The van der Waals surface area contributed by atoms with Gasteiger partial charge in [-0.05, 0) is 63.6 Å². The Labute approximate surface area is 134 Å². The first-order valence-corrected chi connectivity index (χ1v) is 7.24. The maximum absolute atomic E-state index is 12.6. The molecule has 2 aromatic rings. The first-order valence-electron chi connectivity index (χ1n) is 6.16. The molecule has 0 amide bonds. The minimum atomic E-state index is -4.34. The van der Waals surface area contributed by atoms with Crippen molar-refractivity contribution in [3.63, 3.8) is 0 Å². The Morgan fingerprint density at radius 3 is 1.86 bits per heavy atom. The molecule has 5 heteroatoms. The normalized spacial score (nSPS) is 12.5. The quantitative estimate of drug-likeness (QED) is 0.734. The van der Waals surface area contributed by atoms with Gasteiger partial charge in [0.15, 0.2) is 0 Å². The third-order valence-corrected chi connectivity index (χ3v) is 3.69. The van der Waals surface area contributed by atoms with Crippen LogP contribution in [0.4, 0.5) is 13.2 Å². The lowest BCUT2D eigenvalue weighted by Crippen LogP contribution is -2.04. The summed E-state index contributed by atoms with van der Waals surface area (Å²) in [4.78, 5) is 0. The number of halogens is 4. The van der Waals surface area contributed by atoms with Gasteiger partial charge in [0, 0.05) is 3.57 Å². The van der Waals surface area contributed by atoms with Crippen LogP contribution in [-0.4, -0.2) is 11.7 Å². The average molecular weight is 404 g/mol. The highest BCUT2D eigenvalue weighted by Gasteiger charge is 2.30. The topological polar surface area (TPSA) is 20.2 Å². The minimum absolute atomic E-state index is 0.178. The molecule has 2 aromatic carbocycles. The van der Waals surface area contributed by atoms with Crippen LogP contribution in [0.3, 0.4) is 0 Å². The lowest BCUT2D eigenvalue weighted by atomic mass is 9.97. The molecule has 0 saturated heterocycles. The zero-order valence-corrected chi connectivity index (χ0v) is 13.0. The van der Waals surface area contributed by atoms with Crippen molar-refractivity contribution in [3.8, 4) is 0 Å². The minimum Gasteiger partial charge on any atom is -0.392 e. The van der Waals surface area contributed by atoms with Gasteiger partial charge in [0.1, 0.15) is 0 Å². The predicted octanol–water partition coefficient (Wildman–Crippen LogP) is 4.73. The molecule has 0 atom stereocenters. The molecule has 0 aliphatic rings. The van der Waals surface area contributed by atoms with Crippen LogP contribution >= 0.6 is 22.6 Å². The van der Waals surface area contributed by atoms with E-state index in [0.29, 0.717) is 11.1 Å². The summed E-state index contributed by atoms with van der Waals surface area (Å²) in [7, 11) is 0. The van der Waals surface area contributed by atoms with Crippen LogP contribution in [0.5, 0.6) is 0 Å². The lowest BCUT2D eigenvalue weighted by Gasteiger charge is -2.11. The molecular weight excluding hydrogens is 392 g/mol. The fraction of sp³-hybridized carbons (Fsp3) is 0.125. The Morgan fingerprint density at radius 2 is 1.43 bits per heavy atom. The molecule has 2 rings (SSSR count). The number of aliphatic hydroxyl groups excluding tert-OH is 1. The van der Waals surface area contributed by atoms with E-state index < -0.39 is 11.7 Å². The molecule has 110 valence electrons. The molecule has 0 saturated carbocycles. The first kappa shape index (κ1) is 16.0. The highest BCUT2D eigenvalue weighted by atomic mass is 127. The van der Waals surface area contributed by atoms with Crippen LogP contribution in [0.2, 0.25) is 0 Å². The Balaban J connectivity index is 2.40. The number of alkyl halides is 3. The average Bonchev–Trinajstić information content (AvgIpc) is 2.45. The Hall–Kier alpha value is -1.34. The molecule has 0 radical (unpaired) electrons. The van der Waals surface area contributed by atoms with E-state index in [-0.39, 0.29) is 6.61 Å². The SMILES string of the molecule is OC/C=C(\c1ccc(I)cc1)c1ccc(C(F)(F)F)cc1. The second-order valence-electron chi connectivity index (χ2n) is 4.38. The summed E-state index contributed by atoms with van der Waals surface area (Å²) >= 11 is 2.18. The Morgan fingerprint density at radius 1 is 0.952 bits per heavy atom. The second-order valence-corrected chi connectivity index (χ2v) is 5.63. The van der Waals surface area contributed by atoms with Crippen molar-refractivity contribution in [1.29, 1.82) is 0 Å². The summed E-state index contributed by atoms with van der Waals surface area (Å²) in [6, 6.07) is 12.5. The van der Waals surface area contributed by atoms with Gasteiger partial charge in [-0.3, -0.25) is 0 Å². The molecule has 21 heavy (non-hydrogen) atoms. The van der Waals surface area contributed by atoms with Crippen LogP contribution < -0.4 is 0 Å². The van der Waals surface area contributed by atoms with Crippen LogP contribution in [0, 0.1) is 3.57 Å². The van der Waals surface area contributed by atoms with E-state index >= 15 is 0 Å². The molecule has 0 bridgehead atoms. The zero-order valence-electron chi connectivity index (χ0n) is 10.9. The molecule has 0 aliphatic carbocycles. The van der Waals surface area contributed by atoms with E-state index in [9.17, 15) is 13.2 Å². The van der Waals surface area contributed by atoms with E-state index in [4.69, 9.17) is 5.11 Å². The monoisotopic (exact) mass is 404 g/mol. The van der Waals surface area contributed by atoms with E-state index in [1.54, 1.807) is 6.08 Å². The smallest absolute Gasteiger partial charge is 0.392 e. The van der Waals surface area contributed by atoms with Crippen LogP contribution in [0.1, 0.15) is 16.7 Å². The van der Waals surface area contributed by atoms with Gasteiger partial charge < -0.3 is 5.11 Å². The number of hydrogen-bond donors (Lipinski definition) is 1. The molecule has 1 nitrogen and oxygen atoms in total. The number of aliphatic hydroxyl groups is 1. The van der Waals surface area contributed by atoms with Gasteiger partial charge in [-0.2, -0.15) is 13.2 Å².